The quantitative estimate of drug-likeness (QED) is 0.612. The van der Waals surface area contributed by atoms with Gasteiger partial charge in [-0.1, -0.05) is 42.5 Å². The molecule has 7 heteroatoms. The molecule has 2 aromatic carbocycles. The summed E-state index contributed by atoms with van der Waals surface area (Å²) in [6.45, 7) is 1.38. The third-order valence-electron chi connectivity index (χ3n) is 4.28. The maximum Gasteiger partial charge on any atom is 0.306 e. The van der Waals surface area contributed by atoms with E-state index in [1.165, 1.54) is 7.11 Å². The number of hydrogen-bond donors (Lipinski definition) is 3. The second-order valence-electron chi connectivity index (χ2n) is 6.62. The molecular formula is C21H24N2O5. The summed E-state index contributed by atoms with van der Waals surface area (Å²) in [6, 6.07) is 16.0. The SMILES string of the molecule is COc1cccc(C(C)(CC(=O)O)NC(=O)CNC(=O)Cc2ccccc2)c1. The van der Waals surface area contributed by atoms with Crippen LogP contribution in [0.15, 0.2) is 54.6 Å². The molecule has 2 aromatic rings. The molecule has 3 N–H and O–H groups in total. The molecule has 0 spiro atoms. The molecule has 0 saturated carbocycles. The number of carboxylic acid groups (broad SMARTS) is 1. The van der Waals surface area contributed by atoms with Crippen LogP contribution in [0.5, 0.6) is 5.75 Å². The third kappa shape index (κ3) is 6.12. The Balaban J connectivity index is 2.02. The minimum atomic E-state index is -1.15. The van der Waals surface area contributed by atoms with E-state index < -0.39 is 17.4 Å². The molecule has 1 atom stereocenters. The van der Waals surface area contributed by atoms with Gasteiger partial charge in [0.15, 0.2) is 0 Å². The summed E-state index contributed by atoms with van der Waals surface area (Å²) in [4.78, 5) is 35.7. The minimum absolute atomic E-state index is 0.163. The molecule has 0 bridgehead atoms. The molecule has 0 aliphatic heterocycles. The number of methoxy groups -OCH3 is 1. The van der Waals surface area contributed by atoms with Crippen molar-refractivity contribution in [3.05, 3.63) is 65.7 Å². The van der Waals surface area contributed by atoms with Crippen LogP contribution in [0.25, 0.3) is 0 Å². The van der Waals surface area contributed by atoms with Gasteiger partial charge in [-0.25, -0.2) is 0 Å². The van der Waals surface area contributed by atoms with Crippen LogP contribution in [0.1, 0.15) is 24.5 Å². The number of carbonyl (C=O) groups is 3. The van der Waals surface area contributed by atoms with Gasteiger partial charge in [0.25, 0.3) is 0 Å². The number of nitrogens with one attached hydrogen (secondary N) is 2. The Bertz CT molecular complexity index is 838. The summed E-state index contributed by atoms with van der Waals surface area (Å²) in [5.41, 5.74) is 0.285. The van der Waals surface area contributed by atoms with Gasteiger partial charge in [0, 0.05) is 0 Å². The Hall–Kier alpha value is -3.35. The first-order chi connectivity index (χ1) is 13.3. The summed E-state index contributed by atoms with van der Waals surface area (Å²) in [5, 5.41) is 14.6. The summed E-state index contributed by atoms with van der Waals surface area (Å²) in [6.07, 6.45) is -0.153. The second kappa shape index (κ2) is 9.55. The molecule has 0 radical (unpaired) electrons. The number of rotatable bonds is 9. The van der Waals surface area contributed by atoms with Crippen LogP contribution < -0.4 is 15.4 Å². The van der Waals surface area contributed by atoms with Crippen molar-refractivity contribution in [1.29, 1.82) is 0 Å². The van der Waals surface area contributed by atoms with Crippen molar-refractivity contribution in [3.8, 4) is 5.75 Å². The Morgan fingerprint density at radius 1 is 1.04 bits per heavy atom. The monoisotopic (exact) mass is 384 g/mol. The van der Waals surface area contributed by atoms with Gasteiger partial charge >= 0.3 is 5.97 Å². The second-order valence-corrected chi connectivity index (χ2v) is 6.62. The van der Waals surface area contributed by atoms with Crippen LogP contribution in [-0.4, -0.2) is 36.5 Å². The number of carbonyl (C=O) groups excluding carboxylic acids is 2. The average Bonchev–Trinajstić information content (AvgIpc) is 2.66. The highest BCUT2D eigenvalue weighted by atomic mass is 16.5. The fourth-order valence-electron chi connectivity index (χ4n) is 2.86. The average molecular weight is 384 g/mol. The van der Waals surface area contributed by atoms with E-state index in [0.717, 1.165) is 5.56 Å². The van der Waals surface area contributed by atoms with E-state index in [1.54, 1.807) is 31.2 Å². The predicted molar refractivity (Wildman–Crippen MR) is 104 cm³/mol. The number of carboxylic acids is 1. The maximum atomic E-state index is 12.4. The van der Waals surface area contributed by atoms with Crippen molar-refractivity contribution < 1.29 is 24.2 Å². The zero-order valence-corrected chi connectivity index (χ0v) is 15.9. The van der Waals surface area contributed by atoms with Crippen LogP contribution in [-0.2, 0) is 26.3 Å². The number of hydrogen-bond acceptors (Lipinski definition) is 4. The van der Waals surface area contributed by atoms with Crippen LogP contribution in [0.2, 0.25) is 0 Å². The van der Waals surface area contributed by atoms with Crippen molar-refractivity contribution in [2.75, 3.05) is 13.7 Å². The van der Waals surface area contributed by atoms with Gasteiger partial charge in [0.2, 0.25) is 11.8 Å². The third-order valence-corrected chi connectivity index (χ3v) is 4.28. The van der Waals surface area contributed by atoms with E-state index in [4.69, 9.17) is 4.74 Å². The Kier molecular flexibility index (Phi) is 7.14. The number of amides is 2. The molecule has 2 rings (SSSR count). The summed E-state index contributed by atoms with van der Waals surface area (Å²) in [7, 11) is 1.51. The molecule has 0 fully saturated rings. The van der Waals surface area contributed by atoms with E-state index in [-0.39, 0.29) is 25.3 Å². The highest BCUT2D eigenvalue weighted by molar-refractivity contribution is 5.86. The van der Waals surface area contributed by atoms with Crippen molar-refractivity contribution in [1.82, 2.24) is 10.6 Å². The molecule has 0 aromatic heterocycles. The number of ether oxygens (including phenoxy) is 1. The molecule has 2 amide bonds. The number of aliphatic carboxylic acids is 1. The molecule has 0 aliphatic carbocycles. The summed E-state index contributed by atoms with van der Waals surface area (Å²) < 4.78 is 5.18. The molecular weight excluding hydrogens is 360 g/mol. The smallest absolute Gasteiger partial charge is 0.306 e. The van der Waals surface area contributed by atoms with Gasteiger partial charge in [0.1, 0.15) is 5.75 Å². The highest BCUT2D eigenvalue weighted by Gasteiger charge is 2.32. The minimum Gasteiger partial charge on any atom is -0.497 e. The van der Waals surface area contributed by atoms with Gasteiger partial charge in [-0.2, -0.15) is 0 Å². The molecule has 0 aliphatic rings. The highest BCUT2D eigenvalue weighted by Crippen LogP contribution is 2.27. The zero-order valence-electron chi connectivity index (χ0n) is 15.9. The van der Waals surface area contributed by atoms with Gasteiger partial charge in [-0.3, -0.25) is 14.4 Å². The van der Waals surface area contributed by atoms with E-state index in [2.05, 4.69) is 10.6 Å². The topological polar surface area (TPSA) is 105 Å². The molecule has 7 nitrogen and oxygen atoms in total. The Morgan fingerprint density at radius 3 is 2.39 bits per heavy atom. The first kappa shape index (κ1) is 21.0. The molecule has 28 heavy (non-hydrogen) atoms. The molecule has 148 valence electrons. The predicted octanol–water partition coefficient (Wildman–Crippen LogP) is 1.86. The zero-order chi connectivity index (χ0) is 20.6. The lowest BCUT2D eigenvalue weighted by Crippen LogP contribution is -2.48. The lowest BCUT2D eigenvalue weighted by Gasteiger charge is -2.30. The van der Waals surface area contributed by atoms with Crippen LogP contribution in [0.4, 0.5) is 0 Å². The molecule has 0 heterocycles. The van der Waals surface area contributed by atoms with Gasteiger partial charge in [-0.15, -0.1) is 0 Å². The lowest BCUT2D eigenvalue weighted by atomic mass is 9.88. The van der Waals surface area contributed by atoms with Crippen molar-refractivity contribution in [3.63, 3.8) is 0 Å². The normalized spacial score (nSPS) is 12.5. The van der Waals surface area contributed by atoms with Crippen LogP contribution in [0.3, 0.4) is 0 Å². The molecule has 1 unspecified atom stereocenters. The largest absolute Gasteiger partial charge is 0.497 e. The van der Waals surface area contributed by atoms with E-state index >= 15 is 0 Å². The van der Waals surface area contributed by atoms with E-state index in [1.807, 2.05) is 30.3 Å². The maximum absolute atomic E-state index is 12.4. The number of benzene rings is 2. The van der Waals surface area contributed by atoms with Gasteiger partial charge in [-0.05, 0) is 30.2 Å². The molecule has 0 saturated heterocycles. The first-order valence-electron chi connectivity index (χ1n) is 8.80. The lowest BCUT2D eigenvalue weighted by molar-refractivity contribution is -0.139. The standard InChI is InChI=1S/C21H24N2O5/c1-21(13-20(26)27,16-9-6-10-17(12-16)28-2)23-19(25)14-22-18(24)11-15-7-4-3-5-8-15/h3-10,12H,11,13-14H2,1-2H3,(H,22,24)(H,23,25)(H,26,27). The van der Waals surface area contributed by atoms with Crippen LogP contribution in [0, 0.1) is 0 Å². The fraction of sp³-hybridized carbons (Fsp3) is 0.286. The van der Waals surface area contributed by atoms with Crippen molar-refractivity contribution in [2.24, 2.45) is 0 Å². The van der Waals surface area contributed by atoms with Crippen LogP contribution >= 0.6 is 0 Å². The summed E-state index contributed by atoms with van der Waals surface area (Å²) >= 11 is 0. The fourth-order valence-corrected chi connectivity index (χ4v) is 2.86. The van der Waals surface area contributed by atoms with Crippen molar-refractivity contribution in [2.45, 2.75) is 25.3 Å². The Morgan fingerprint density at radius 2 is 1.75 bits per heavy atom. The van der Waals surface area contributed by atoms with E-state index in [0.29, 0.717) is 11.3 Å². The summed E-state index contributed by atoms with van der Waals surface area (Å²) in [5.74, 6) is -1.27. The van der Waals surface area contributed by atoms with Gasteiger partial charge in [0.05, 0.1) is 32.0 Å². The Labute approximate surface area is 163 Å². The van der Waals surface area contributed by atoms with Crippen molar-refractivity contribution >= 4 is 17.8 Å². The van der Waals surface area contributed by atoms with E-state index in [9.17, 15) is 19.5 Å². The van der Waals surface area contributed by atoms with Gasteiger partial charge < -0.3 is 20.5 Å². The first-order valence-corrected chi connectivity index (χ1v) is 8.80.